The van der Waals surface area contributed by atoms with Crippen LogP contribution in [0.2, 0.25) is 5.02 Å². The molecule has 0 radical (unpaired) electrons. The zero-order valence-electron chi connectivity index (χ0n) is 11.4. The molecule has 21 heavy (non-hydrogen) atoms. The van der Waals surface area contributed by atoms with Crippen LogP contribution in [0.1, 0.15) is 29.8 Å². The average molecular weight is 395 g/mol. The molecule has 0 aliphatic carbocycles. The Bertz CT molecular complexity index is 598. The number of hydrogen-bond donors (Lipinski definition) is 1. The Kier molecular flexibility index (Phi) is 6.17. The van der Waals surface area contributed by atoms with E-state index >= 15 is 0 Å². The molecular weight excluding hydrogens is 380 g/mol. The van der Waals surface area contributed by atoms with Crippen LogP contribution in [0.3, 0.4) is 0 Å². The summed E-state index contributed by atoms with van der Waals surface area (Å²) >= 11 is 11.0. The minimum absolute atomic E-state index is 0.0311. The summed E-state index contributed by atoms with van der Waals surface area (Å²) in [7, 11) is 0. The maximum absolute atomic E-state index is 13.3. The van der Waals surface area contributed by atoms with Crippen LogP contribution >= 0.6 is 38.9 Å². The Hall–Kier alpha value is -0.490. The van der Waals surface area contributed by atoms with E-state index < -0.39 is 11.6 Å². The minimum atomic E-state index is -0.821. The predicted molar refractivity (Wildman–Crippen MR) is 88.1 cm³/mol. The van der Waals surface area contributed by atoms with Crippen LogP contribution in [-0.2, 0) is 6.42 Å². The van der Waals surface area contributed by atoms with E-state index in [0.29, 0.717) is 11.4 Å². The first kappa shape index (κ1) is 16.9. The van der Waals surface area contributed by atoms with E-state index in [9.17, 15) is 8.78 Å². The first-order valence-electron chi connectivity index (χ1n) is 6.63. The lowest BCUT2D eigenvalue weighted by Crippen LogP contribution is -2.23. The normalized spacial score (nSPS) is 12.6. The lowest BCUT2D eigenvalue weighted by atomic mass is 10.0. The summed E-state index contributed by atoms with van der Waals surface area (Å²) in [6.45, 7) is 2.93. The SMILES string of the molecule is CCCNC(Cc1ccc(F)c(F)c1)c1cc(Cl)c(Br)s1. The van der Waals surface area contributed by atoms with Gasteiger partial charge in [0.25, 0.3) is 0 Å². The van der Waals surface area contributed by atoms with Gasteiger partial charge >= 0.3 is 0 Å². The van der Waals surface area contributed by atoms with Crippen molar-refractivity contribution < 1.29 is 8.78 Å². The Morgan fingerprint density at radius 3 is 2.62 bits per heavy atom. The smallest absolute Gasteiger partial charge is 0.159 e. The van der Waals surface area contributed by atoms with E-state index in [1.807, 2.05) is 6.07 Å². The fraction of sp³-hybridized carbons (Fsp3) is 0.333. The van der Waals surface area contributed by atoms with E-state index in [1.54, 1.807) is 17.4 Å². The monoisotopic (exact) mass is 393 g/mol. The number of rotatable bonds is 6. The van der Waals surface area contributed by atoms with E-state index in [-0.39, 0.29) is 6.04 Å². The van der Waals surface area contributed by atoms with E-state index in [4.69, 9.17) is 11.6 Å². The zero-order chi connectivity index (χ0) is 15.4. The van der Waals surface area contributed by atoms with Crippen molar-refractivity contribution in [2.45, 2.75) is 25.8 Å². The maximum atomic E-state index is 13.3. The van der Waals surface area contributed by atoms with Crippen molar-refractivity contribution in [3.63, 3.8) is 0 Å². The molecule has 114 valence electrons. The van der Waals surface area contributed by atoms with Gasteiger partial charge in [0.1, 0.15) is 0 Å². The highest BCUT2D eigenvalue weighted by Gasteiger charge is 2.17. The average Bonchev–Trinajstić information content (AvgIpc) is 2.78. The molecule has 1 unspecified atom stereocenters. The molecule has 0 saturated heterocycles. The molecule has 0 amide bonds. The first-order chi connectivity index (χ1) is 10.0. The molecule has 1 nitrogen and oxygen atoms in total. The molecule has 1 N–H and O–H groups in total. The fourth-order valence-corrected chi connectivity index (χ4v) is 3.85. The molecule has 1 aromatic carbocycles. The number of thiophene rings is 1. The first-order valence-corrected chi connectivity index (χ1v) is 8.62. The van der Waals surface area contributed by atoms with Crippen molar-refractivity contribution >= 4 is 38.9 Å². The van der Waals surface area contributed by atoms with E-state index in [0.717, 1.165) is 27.2 Å². The van der Waals surface area contributed by atoms with Crippen molar-refractivity contribution in [1.82, 2.24) is 5.32 Å². The molecular formula is C15H15BrClF2NS. The Balaban J connectivity index is 2.21. The Morgan fingerprint density at radius 2 is 2.05 bits per heavy atom. The molecule has 1 atom stereocenters. The largest absolute Gasteiger partial charge is 0.309 e. The number of halogens is 4. The second-order valence-corrected chi connectivity index (χ2v) is 7.54. The minimum Gasteiger partial charge on any atom is -0.309 e. The van der Waals surface area contributed by atoms with Crippen molar-refractivity contribution in [3.8, 4) is 0 Å². The Morgan fingerprint density at radius 1 is 1.29 bits per heavy atom. The van der Waals surface area contributed by atoms with Crippen LogP contribution < -0.4 is 5.32 Å². The second kappa shape index (κ2) is 7.68. The fourth-order valence-electron chi connectivity index (χ4n) is 2.03. The van der Waals surface area contributed by atoms with Gasteiger partial charge in [-0.3, -0.25) is 0 Å². The predicted octanol–water partition coefficient (Wildman–Crippen LogP) is 5.73. The summed E-state index contributed by atoms with van der Waals surface area (Å²) in [5, 5.41) is 4.09. The van der Waals surface area contributed by atoms with Gasteiger partial charge in [-0.25, -0.2) is 8.78 Å². The van der Waals surface area contributed by atoms with Crippen LogP contribution in [0.15, 0.2) is 28.1 Å². The van der Waals surface area contributed by atoms with Gasteiger partial charge in [-0.05, 0) is 59.1 Å². The third-order valence-electron chi connectivity index (χ3n) is 3.07. The molecule has 6 heteroatoms. The lowest BCUT2D eigenvalue weighted by molar-refractivity contribution is 0.501. The third kappa shape index (κ3) is 4.49. The zero-order valence-corrected chi connectivity index (χ0v) is 14.6. The highest BCUT2D eigenvalue weighted by Crippen LogP contribution is 2.36. The van der Waals surface area contributed by atoms with Crippen molar-refractivity contribution in [2.24, 2.45) is 0 Å². The van der Waals surface area contributed by atoms with Crippen LogP contribution in [0.4, 0.5) is 8.78 Å². The van der Waals surface area contributed by atoms with Gasteiger partial charge in [0, 0.05) is 10.9 Å². The van der Waals surface area contributed by atoms with Gasteiger partial charge < -0.3 is 5.32 Å². The number of benzene rings is 1. The van der Waals surface area contributed by atoms with Gasteiger partial charge in [0.2, 0.25) is 0 Å². The highest BCUT2D eigenvalue weighted by molar-refractivity contribution is 9.11. The molecule has 0 spiro atoms. The second-order valence-electron chi connectivity index (χ2n) is 4.73. The summed E-state index contributed by atoms with van der Waals surface area (Å²) in [5.74, 6) is -1.63. The standard InChI is InChI=1S/C15H15BrClF2NS/c1-2-5-20-13(14-8-10(17)15(16)21-14)7-9-3-4-11(18)12(19)6-9/h3-4,6,8,13,20H,2,5,7H2,1H3. The lowest BCUT2D eigenvalue weighted by Gasteiger charge is -2.17. The van der Waals surface area contributed by atoms with Crippen molar-refractivity contribution in [2.75, 3.05) is 6.54 Å². The summed E-state index contributed by atoms with van der Waals surface area (Å²) in [4.78, 5) is 1.07. The van der Waals surface area contributed by atoms with Crippen LogP contribution in [0, 0.1) is 11.6 Å². The van der Waals surface area contributed by atoms with Crippen molar-refractivity contribution in [1.29, 1.82) is 0 Å². The summed E-state index contributed by atoms with van der Waals surface area (Å²) in [5.41, 5.74) is 0.753. The van der Waals surface area contributed by atoms with Crippen LogP contribution in [-0.4, -0.2) is 6.54 Å². The Labute approximate surface area is 140 Å². The van der Waals surface area contributed by atoms with E-state index in [1.165, 1.54) is 12.1 Å². The van der Waals surface area contributed by atoms with Gasteiger partial charge in [-0.2, -0.15) is 0 Å². The van der Waals surface area contributed by atoms with Crippen LogP contribution in [0.25, 0.3) is 0 Å². The molecule has 1 aromatic heterocycles. The van der Waals surface area contributed by atoms with Gasteiger partial charge in [0.05, 0.1) is 8.81 Å². The summed E-state index contributed by atoms with van der Waals surface area (Å²) in [6, 6.07) is 5.97. The summed E-state index contributed by atoms with van der Waals surface area (Å²) in [6.07, 6.45) is 1.58. The summed E-state index contributed by atoms with van der Waals surface area (Å²) < 4.78 is 27.2. The molecule has 0 aliphatic rings. The molecule has 2 rings (SSSR count). The number of hydrogen-bond acceptors (Lipinski definition) is 2. The molecule has 2 aromatic rings. The molecule has 0 saturated carbocycles. The molecule has 0 bridgehead atoms. The van der Waals surface area contributed by atoms with E-state index in [2.05, 4.69) is 28.2 Å². The van der Waals surface area contributed by atoms with Gasteiger partial charge in [-0.1, -0.05) is 24.6 Å². The molecule has 0 fully saturated rings. The highest BCUT2D eigenvalue weighted by atomic mass is 79.9. The molecule has 0 aliphatic heterocycles. The van der Waals surface area contributed by atoms with Crippen LogP contribution in [0.5, 0.6) is 0 Å². The van der Waals surface area contributed by atoms with Gasteiger partial charge in [0.15, 0.2) is 11.6 Å². The molecule has 1 heterocycles. The maximum Gasteiger partial charge on any atom is 0.159 e. The van der Waals surface area contributed by atoms with Crippen molar-refractivity contribution in [3.05, 3.63) is 55.1 Å². The topological polar surface area (TPSA) is 12.0 Å². The number of nitrogens with one attached hydrogen (secondary N) is 1. The third-order valence-corrected chi connectivity index (χ3v) is 5.66. The quantitative estimate of drug-likeness (QED) is 0.660. The van der Waals surface area contributed by atoms with Gasteiger partial charge in [-0.15, -0.1) is 11.3 Å².